The fourth-order valence-electron chi connectivity index (χ4n) is 0.158. The molecule has 0 aliphatic heterocycles. The van der Waals surface area contributed by atoms with Crippen molar-refractivity contribution in [2.75, 3.05) is 6.61 Å². The molecule has 0 aromatic heterocycles. The van der Waals surface area contributed by atoms with Crippen LogP contribution in [-0.2, 0) is 19.5 Å². The average molecular weight is 140 g/mol. The number of rotatable bonds is 2. The smallest absolute Gasteiger partial charge is 0.0430 e. The predicted octanol–water partition coefficient (Wildman–Crippen LogP) is 0.776. The summed E-state index contributed by atoms with van der Waals surface area (Å²) >= 11 is 0. The van der Waals surface area contributed by atoms with E-state index in [1.807, 2.05) is 0 Å². The number of aliphatic hydroxyl groups excluding tert-OH is 1. The van der Waals surface area contributed by atoms with E-state index in [0.29, 0.717) is 6.61 Å². The summed E-state index contributed by atoms with van der Waals surface area (Å²) in [7, 11) is 0. The van der Waals surface area contributed by atoms with Crippen molar-refractivity contribution >= 4 is 0 Å². The molecule has 0 saturated heterocycles. The van der Waals surface area contributed by atoms with E-state index in [1.165, 1.54) is 0 Å². The molecule has 0 amide bonds. The van der Waals surface area contributed by atoms with Crippen LogP contribution in [-0.4, -0.2) is 11.7 Å². The van der Waals surface area contributed by atoms with Gasteiger partial charge in [0.05, 0.1) is 0 Å². The molecule has 0 spiro atoms. The monoisotopic (exact) mass is 138 g/mol. The standard InChI is InChI=1S/C4H10O.Zn/c1-2-3-4-5;/h5H,2-4H2,1H3;. The van der Waals surface area contributed by atoms with Crippen LogP contribution in [0.4, 0.5) is 0 Å². The maximum absolute atomic E-state index is 8.07. The number of hydrogen-bond donors (Lipinski definition) is 1. The minimum atomic E-state index is 0. The maximum atomic E-state index is 8.07. The largest absolute Gasteiger partial charge is 0.396 e. The van der Waals surface area contributed by atoms with Crippen molar-refractivity contribution in [1.82, 2.24) is 0 Å². The van der Waals surface area contributed by atoms with E-state index < -0.39 is 0 Å². The van der Waals surface area contributed by atoms with Crippen LogP contribution in [0.1, 0.15) is 19.8 Å². The molecule has 1 nitrogen and oxygen atoms in total. The van der Waals surface area contributed by atoms with Gasteiger partial charge in [-0.3, -0.25) is 0 Å². The molecule has 1 N–H and O–H groups in total. The fourth-order valence-corrected chi connectivity index (χ4v) is 0.158. The number of unbranched alkanes of at least 4 members (excludes halogenated alkanes) is 1. The van der Waals surface area contributed by atoms with Crippen molar-refractivity contribution in [3.8, 4) is 0 Å². The van der Waals surface area contributed by atoms with Crippen molar-refractivity contribution in [3.05, 3.63) is 0 Å². The average Bonchev–Trinajstić information content (AvgIpc) is 1.41. The molecule has 0 aromatic rings. The second kappa shape index (κ2) is 9.13. The molecule has 6 heavy (non-hydrogen) atoms. The Morgan fingerprint density at radius 1 is 1.50 bits per heavy atom. The number of aliphatic hydroxyl groups is 1. The predicted molar refractivity (Wildman–Crippen MR) is 22.0 cm³/mol. The van der Waals surface area contributed by atoms with Gasteiger partial charge < -0.3 is 5.11 Å². The van der Waals surface area contributed by atoms with Gasteiger partial charge in [0, 0.05) is 26.1 Å². The number of hydrogen-bond acceptors (Lipinski definition) is 1. The quantitative estimate of drug-likeness (QED) is 0.561. The topological polar surface area (TPSA) is 20.2 Å². The first-order valence-corrected chi connectivity index (χ1v) is 2.02. The fraction of sp³-hybridized carbons (Fsp3) is 1.00. The zero-order valence-corrected chi connectivity index (χ0v) is 7.24. The van der Waals surface area contributed by atoms with Crippen molar-refractivity contribution in [2.45, 2.75) is 19.8 Å². The molecular formula is C4H10OZn. The zero-order chi connectivity index (χ0) is 4.12. The van der Waals surface area contributed by atoms with Crippen LogP contribution in [0.2, 0.25) is 0 Å². The Morgan fingerprint density at radius 2 is 2.00 bits per heavy atom. The van der Waals surface area contributed by atoms with E-state index in [9.17, 15) is 0 Å². The first-order valence-electron chi connectivity index (χ1n) is 2.02. The molecule has 0 aromatic carbocycles. The van der Waals surface area contributed by atoms with E-state index in [1.54, 1.807) is 0 Å². The molecule has 0 unspecified atom stereocenters. The van der Waals surface area contributed by atoms with Crippen molar-refractivity contribution in [3.63, 3.8) is 0 Å². The van der Waals surface area contributed by atoms with Crippen LogP contribution < -0.4 is 0 Å². The molecule has 0 fully saturated rings. The second-order valence-electron chi connectivity index (χ2n) is 1.08. The molecule has 0 rings (SSSR count). The van der Waals surface area contributed by atoms with Gasteiger partial charge in [-0.05, 0) is 6.42 Å². The van der Waals surface area contributed by atoms with Crippen LogP contribution in [0, 0.1) is 0 Å². The Labute approximate surface area is 51.5 Å². The summed E-state index contributed by atoms with van der Waals surface area (Å²) in [6.07, 6.45) is 2.04. The van der Waals surface area contributed by atoms with Crippen molar-refractivity contribution in [2.24, 2.45) is 0 Å². The van der Waals surface area contributed by atoms with Gasteiger partial charge in [-0.25, -0.2) is 0 Å². The maximum Gasteiger partial charge on any atom is 0.0430 e. The Balaban J connectivity index is 0. The molecule has 0 saturated carbocycles. The van der Waals surface area contributed by atoms with Crippen LogP contribution in [0.15, 0.2) is 0 Å². The van der Waals surface area contributed by atoms with Gasteiger partial charge in [0.1, 0.15) is 0 Å². The van der Waals surface area contributed by atoms with Crippen molar-refractivity contribution < 1.29 is 24.6 Å². The van der Waals surface area contributed by atoms with Crippen LogP contribution >= 0.6 is 0 Å². The summed E-state index contributed by atoms with van der Waals surface area (Å²) in [5, 5.41) is 8.07. The molecule has 2 heteroatoms. The van der Waals surface area contributed by atoms with Crippen LogP contribution in [0.3, 0.4) is 0 Å². The van der Waals surface area contributed by atoms with E-state index in [-0.39, 0.29) is 19.5 Å². The van der Waals surface area contributed by atoms with Gasteiger partial charge in [-0.2, -0.15) is 0 Å². The van der Waals surface area contributed by atoms with Gasteiger partial charge >= 0.3 is 0 Å². The van der Waals surface area contributed by atoms with Gasteiger partial charge in [-0.1, -0.05) is 13.3 Å². The van der Waals surface area contributed by atoms with Gasteiger partial charge in [0.2, 0.25) is 0 Å². The molecule has 0 atom stereocenters. The molecule has 0 aliphatic rings. The van der Waals surface area contributed by atoms with E-state index in [0.717, 1.165) is 12.8 Å². The molecule has 0 radical (unpaired) electrons. The minimum absolute atomic E-state index is 0. The van der Waals surface area contributed by atoms with Crippen LogP contribution in [0.5, 0.6) is 0 Å². The summed E-state index contributed by atoms with van der Waals surface area (Å²) in [5.41, 5.74) is 0. The molecule has 0 bridgehead atoms. The van der Waals surface area contributed by atoms with E-state index in [4.69, 9.17) is 5.11 Å². The van der Waals surface area contributed by atoms with Gasteiger partial charge in [-0.15, -0.1) is 0 Å². The molecule has 34 valence electrons. The Morgan fingerprint density at radius 3 is 2.00 bits per heavy atom. The van der Waals surface area contributed by atoms with E-state index in [2.05, 4.69) is 6.92 Å². The summed E-state index contributed by atoms with van der Waals surface area (Å²) in [5.74, 6) is 0. The minimum Gasteiger partial charge on any atom is -0.396 e. The first-order chi connectivity index (χ1) is 2.41. The molecule has 0 aliphatic carbocycles. The van der Waals surface area contributed by atoms with Crippen molar-refractivity contribution in [1.29, 1.82) is 0 Å². The Hall–Kier alpha value is 0.583. The summed E-state index contributed by atoms with van der Waals surface area (Å²) < 4.78 is 0. The summed E-state index contributed by atoms with van der Waals surface area (Å²) in [4.78, 5) is 0. The third-order valence-electron chi connectivity index (χ3n) is 0.512. The second-order valence-corrected chi connectivity index (χ2v) is 1.08. The summed E-state index contributed by atoms with van der Waals surface area (Å²) in [6, 6.07) is 0. The van der Waals surface area contributed by atoms with Gasteiger partial charge in [0.25, 0.3) is 0 Å². The first kappa shape index (κ1) is 9.77. The Bertz CT molecular complexity index is 15.0. The summed E-state index contributed by atoms with van der Waals surface area (Å²) in [6.45, 7) is 2.40. The van der Waals surface area contributed by atoms with Crippen LogP contribution in [0.25, 0.3) is 0 Å². The normalized spacial score (nSPS) is 7.00. The third kappa shape index (κ3) is 8.82. The van der Waals surface area contributed by atoms with E-state index >= 15 is 0 Å². The third-order valence-corrected chi connectivity index (χ3v) is 0.512. The SMILES string of the molecule is CCCCO.[Zn]. The molecular weight excluding hydrogens is 129 g/mol. The zero-order valence-electron chi connectivity index (χ0n) is 4.28. The Kier molecular flexibility index (Phi) is 14.9. The van der Waals surface area contributed by atoms with Gasteiger partial charge in [0.15, 0.2) is 0 Å². The molecule has 0 heterocycles.